The zero-order chi connectivity index (χ0) is 20.2. The molecule has 1 saturated heterocycles. The van der Waals surface area contributed by atoms with Gasteiger partial charge in [0, 0.05) is 31.2 Å². The first-order valence-electron chi connectivity index (χ1n) is 11.2. The number of hydrogen-bond acceptors (Lipinski definition) is 3. The largest absolute Gasteiger partial charge is 0.481 e. The fourth-order valence-electron chi connectivity index (χ4n) is 5.21. The Labute approximate surface area is 173 Å². The van der Waals surface area contributed by atoms with Gasteiger partial charge in [-0.2, -0.15) is 0 Å². The van der Waals surface area contributed by atoms with Crippen molar-refractivity contribution in [3.05, 3.63) is 29.3 Å². The number of carboxylic acid groups (broad SMARTS) is 1. The molecule has 2 N–H and O–H groups in total. The molecule has 2 aliphatic heterocycles. The van der Waals surface area contributed by atoms with Crippen LogP contribution in [0.5, 0.6) is 0 Å². The molecule has 1 aromatic carbocycles. The van der Waals surface area contributed by atoms with Gasteiger partial charge in [-0.25, -0.2) is 4.79 Å². The predicted molar refractivity (Wildman–Crippen MR) is 113 cm³/mol. The summed E-state index contributed by atoms with van der Waals surface area (Å²) < 4.78 is 0. The minimum Gasteiger partial charge on any atom is -0.481 e. The van der Waals surface area contributed by atoms with Crippen molar-refractivity contribution in [2.75, 3.05) is 31.1 Å². The summed E-state index contributed by atoms with van der Waals surface area (Å²) in [6.07, 6.45) is 8.38. The second kappa shape index (κ2) is 9.16. The molecule has 1 saturated carbocycles. The Morgan fingerprint density at radius 1 is 1.07 bits per heavy atom. The highest BCUT2D eigenvalue weighted by Gasteiger charge is 2.36. The molecule has 29 heavy (non-hydrogen) atoms. The van der Waals surface area contributed by atoms with Crippen LogP contribution in [0.15, 0.2) is 18.2 Å². The van der Waals surface area contributed by atoms with Crippen LogP contribution in [0, 0.1) is 5.92 Å². The molecule has 0 unspecified atom stereocenters. The van der Waals surface area contributed by atoms with Crippen molar-refractivity contribution in [3.63, 3.8) is 0 Å². The van der Waals surface area contributed by atoms with E-state index in [9.17, 15) is 9.59 Å². The number of urea groups is 1. The average molecular weight is 400 g/mol. The van der Waals surface area contributed by atoms with E-state index < -0.39 is 5.97 Å². The molecule has 0 radical (unpaired) electrons. The first kappa shape index (κ1) is 20.2. The molecule has 4 rings (SSSR count). The minimum atomic E-state index is -0.704. The molecular weight excluding hydrogens is 366 g/mol. The number of rotatable bonds is 5. The number of hydrogen-bond donors (Lipinski definition) is 2. The smallest absolute Gasteiger partial charge is 0.324 e. The van der Waals surface area contributed by atoms with E-state index in [1.165, 1.54) is 11.1 Å². The molecule has 1 aromatic rings. The standard InChI is InChI=1S/C23H33N3O3/c27-22(28)10-5-17-3-7-20(8-4-17)25-14-15-26(23(25)29)21-9-6-18-11-13-24-12-1-2-19(18)16-21/h6,9,16-17,20,24H,1-5,7-8,10-15H2,(H,27,28). The summed E-state index contributed by atoms with van der Waals surface area (Å²) in [6.45, 7) is 3.65. The highest BCUT2D eigenvalue weighted by atomic mass is 16.4. The fraction of sp³-hybridized carbons (Fsp3) is 0.652. The number of benzene rings is 1. The zero-order valence-corrected chi connectivity index (χ0v) is 17.2. The van der Waals surface area contributed by atoms with Crippen LogP contribution < -0.4 is 10.2 Å². The van der Waals surface area contributed by atoms with Gasteiger partial charge >= 0.3 is 12.0 Å². The maximum atomic E-state index is 13.2. The summed E-state index contributed by atoms with van der Waals surface area (Å²) in [5.41, 5.74) is 3.85. The first-order valence-corrected chi connectivity index (χ1v) is 11.2. The van der Waals surface area contributed by atoms with Gasteiger partial charge in [-0.15, -0.1) is 0 Å². The second-order valence-corrected chi connectivity index (χ2v) is 8.79. The van der Waals surface area contributed by atoms with E-state index in [1.807, 2.05) is 4.90 Å². The average Bonchev–Trinajstić information content (AvgIpc) is 3.08. The summed E-state index contributed by atoms with van der Waals surface area (Å²) in [5.74, 6) is -0.204. The molecular formula is C23H33N3O3. The Bertz CT molecular complexity index is 743. The Hall–Kier alpha value is -2.08. The fourth-order valence-corrected chi connectivity index (χ4v) is 5.21. The number of nitrogens with zero attached hydrogens (tertiary/aromatic N) is 2. The number of aryl methyl sites for hydroxylation is 1. The van der Waals surface area contributed by atoms with Crippen LogP contribution >= 0.6 is 0 Å². The maximum Gasteiger partial charge on any atom is 0.324 e. The number of amides is 2. The molecule has 158 valence electrons. The van der Waals surface area contributed by atoms with E-state index in [0.29, 0.717) is 12.0 Å². The number of fused-ring (bicyclic) bond motifs is 1. The van der Waals surface area contributed by atoms with E-state index in [1.54, 1.807) is 0 Å². The molecule has 2 amide bonds. The van der Waals surface area contributed by atoms with E-state index in [0.717, 1.165) is 83.2 Å². The lowest BCUT2D eigenvalue weighted by molar-refractivity contribution is -0.137. The highest BCUT2D eigenvalue weighted by Crippen LogP contribution is 2.33. The van der Waals surface area contributed by atoms with E-state index >= 15 is 0 Å². The van der Waals surface area contributed by atoms with Gasteiger partial charge in [0.25, 0.3) is 0 Å². The molecule has 3 aliphatic rings. The summed E-state index contributed by atoms with van der Waals surface area (Å²) in [6, 6.07) is 7.02. The van der Waals surface area contributed by atoms with Crippen LogP contribution in [0.3, 0.4) is 0 Å². The van der Waals surface area contributed by atoms with Gasteiger partial charge in [0.15, 0.2) is 0 Å². The topological polar surface area (TPSA) is 72.9 Å². The third kappa shape index (κ3) is 4.74. The summed E-state index contributed by atoms with van der Waals surface area (Å²) in [5, 5.41) is 12.3. The molecule has 0 bridgehead atoms. The van der Waals surface area contributed by atoms with Crippen molar-refractivity contribution in [2.24, 2.45) is 5.92 Å². The minimum absolute atomic E-state index is 0.145. The van der Waals surface area contributed by atoms with Gasteiger partial charge in [-0.05, 0) is 93.6 Å². The van der Waals surface area contributed by atoms with Gasteiger partial charge in [0.2, 0.25) is 0 Å². The molecule has 6 nitrogen and oxygen atoms in total. The van der Waals surface area contributed by atoms with E-state index in [4.69, 9.17) is 5.11 Å². The van der Waals surface area contributed by atoms with Gasteiger partial charge in [0.1, 0.15) is 0 Å². The van der Waals surface area contributed by atoms with Gasteiger partial charge in [0.05, 0.1) is 0 Å². The van der Waals surface area contributed by atoms with E-state index in [-0.39, 0.29) is 12.5 Å². The summed E-state index contributed by atoms with van der Waals surface area (Å²) in [4.78, 5) is 28.0. The molecule has 0 spiro atoms. The van der Waals surface area contributed by atoms with Crippen LogP contribution in [0.4, 0.5) is 10.5 Å². The highest BCUT2D eigenvalue weighted by molar-refractivity contribution is 5.94. The molecule has 2 heterocycles. The number of carbonyl (C=O) groups excluding carboxylic acids is 1. The Balaban J connectivity index is 1.37. The summed E-state index contributed by atoms with van der Waals surface area (Å²) in [7, 11) is 0. The molecule has 1 aliphatic carbocycles. The van der Waals surface area contributed by atoms with Gasteiger partial charge in [-0.1, -0.05) is 6.07 Å². The lowest BCUT2D eigenvalue weighted by atomic mass is 9.83. The predicted octanol–water partition coefficient (Wildman–Crippen LogP) is 3.43. The number of nitrogens with one attached hydrogen (secondary N) is 1. The molecule has 0 atom stereocenters. The first-order chi connectivity index (χ1) is 14.1. The van der Waals surface area contributed by atoms with Crippen LogP contribution in [0.25, 0.3) is 0 Å². The third-order valence-corrected chi connectivity index (χ3v) is 6.94. The number of carbonyl (C=O) groups is 2. The Kier molecular flexibility index (Phi) is 6.38. The van der Waals surface area contributed by atoms with Gasteiger partial charge in [-0.3, -0.25) is 9.69 Å². The van der Waals surface area contributed by atoms with Crippen molar-refractivity contribution in [2.45, 2.75) is 63.8 Å². The molecule has 6 heteroatoms. The Morgan fingerprint density at radius 2 is 1.90 bits per heavy atom. The lowest BCUT2D eigenvalue weighted by Gasteiger charge is -2.34. The van der Waals surface area contributed by atoms with Crippen molar-refractivity contribution in [3.8, 4) is 0 Å². The Morgan fingerprint density at radius 3 is 2.69 bits per heavy atom. The number of aliphatic carboxylic acids is 1. The lowest BCUT2D eigenvalue weighted by Crippen LogP contribution is -2.41. The van der Waals surface area contributed by atoms with Crippen molar-refractivity contribution < 1.29 is 14.7 Å². The quantitative estimate of drug-likeness (QED) is 0.796. The van der Waals surface area contributed by atoms with Crippen LogP contribution in [-0.2, 0) is 17.6 Å². The molecule has 0 aromatic heterocycles. The van der Waals surface area contributed by atoms with Crippen LogP contribution in [0.1, 0.15) is 56.1 Å². The maximum absolute atomic E-state index is 13.2. The van der Waals surface area contributed by atoms with Crippen molar-refractivity contribution in [1.82, 2.24) is 10.2 Å². The second-order valence-electron chi connectivity index (χ2n) is 8.79. The number of anilines is 1. The SMILES string of the molecule is O=C(O)CCC1CCC(N2CCN(c3ccc4c(c3)CCCNCC4)C2=O)CC1. The van der Waals surface area contributed by atoms with Gasteiger partial charge < -0.3 is 15.3 Å². The van der Waals surface area contributed by atoms with Crippen molar-refractivity contribution in [1.29, 1.82) is 0 Å². The van der Waals surface area contributed by atoms with Crippen LogP contribution in [-0.4, -0.2) is 54.2 Å². The zero-order valence-electron chi connectivity index (χ0n) is 17.2. The molecule has 2 fully saturated rings. The van der Waals surface area contributed by atoms with E-state index in [2.05, 4.69) is 28.4 Å². The normalized spacial score (nSPS) is 25.4. The monoisotopic (exact) mass is 399 g/mol. The third-order valence-electron chi connectivity index (χ3n) is 6.94. The van der Waals surface area contributed by atoms with Crippen molar-refractivity contribution >= 4 is 17.7 Å². The van der Waals surface area contributed by atoms with Crippen LogP contribution in [0.2, 0.25) is 0 Å². The summed E-state index contributed by atoms with van der Waals surface area (Å²) >= 11 is 0. The number of carboxylic acids is 1.